The SMILES string of the molecule is COc1ccc2cc(NC(=O)c3ccco3)cnc2c1. The first-order valence-corrected chi connectivity index (χ1v) is 6.05. The Hall–Kier alpha value is -2.82. The van der Waals surface area contributed by atoms with Crippen molar-refractivity contribution in [1.29, 1.82) is 0 Å². The number of benzene rings is 1. The van der Waals surface area contributed by atoms with Crippen LogP contribution >= 0.6 is 0 Å². The third kappa shape index (κ3) is 2.33. The Balaban J connectivity index is 1.88. The van der Waals surface area contributed by atoms with E-state index in [0.29, 0.717) is 5.69 Å². The zero-order chi connectivity index (χ0) is 13.9. The summed E-state index contributed by atoms with van der Waals surface area (Å²) in [6.45, 7) is 0. The van der Waals surface area contributed by atoms with Crippen molar-refractivity contribution in [2.75, 3.05) is 12.4 Å². The molecule has 0 radical (unpaired) electrons. The second-order valence-corrected chi connectivity index (χ2v) is 4.21. The van der Waals surface area contributed by atoms with Crippen molar-refractivity contribution < 1.29 is 13.9 Å². The van der Waals surface area contributed by atoms with Crippen molar-refractivity contribution in [3.63, 3.8) is 0 Å². The highest BCUT2D eigenvalue weighted by Crippen LogP contribution is 2.21. The highest BCUT2D eigenvalue weighted by atomic mass is 16.5. The lowest BCUT2D eigenvalue weighted by Crippen LogP contribution is -2.10. The van der Waals surface area contributed by atoms with Gasteiger partial charge in [-0.15, -0.1) is 0 Å². The average Bonchev–Trinajstić information content (AvgIpc) is 3.01. The Morgan fingerprint density at radius 2 is 2.20 bits per heavy atom. The summed E-state index contributed by atoms with van der Waals surface area (Å²) in [5.41, 5.74) is 1.42. The molecular weight excluding hydrogens is 256 g/mol. The summed E-state index contributed by atoms with van der Waals surface area (Å²) < 4.78 is 10.2. The topological polar surface area (TPSA) is 64.4 Å². The molecule has 3 aromatic rings. The molecule has 0 unspecified atom stereocenters. The molecule has 2 aromatic heterocycles. The monoisotopic (exact) mass is 268 g/mol. The van der Waals surface area contributed by atoms with Crippen molar-refractivity contribution in [2.45, 2.75) is 0 Å². The first kappa shape index (κ1) is 12.2. The van der Waals surface area contributed by atoms with Gasteiger partial charge in [0.2, 0.25) is 0 Å². The highest BCUT2D eigenvalue weighted by molar-refractivity contribution is 6.03. The van der Waals surface area contributed by atoms with E-state index in [2.05, 4.69) is 10.3 Å². The highest BCUT2D eigenvalue weighted by Gasteiger charge is 2.09. The zero-order valence-corrected chi connectivity index (χ0v) is 10.8. The van der Waals surface area contributed by atoms with Crippen LogP contribution in [0.1, 0.15) is 10.6 Å². The maximum atomic E-state index is 11.9. The molecule has 0 fully saturated rings. The van der Waals surface area contributed by atoms with Gasteiger partial charge in [-0.25, -0.2) is 0 Å². The quantitative estimate of drug-likeness (QED) is 0.792. The Morgan fingerprint density at radius 1 is 1.30 bits per heavy atom. The molecule has 0 aliphatic carbocycles. The van der Waals surface area contributed by atoms with E-state index in [1.807, 2.05) is 24.3 Å². The number of anilines is 1. The lowest BCUT2D eigenvalue weighted by Gasteiger charge is -2.05. The van der Waals surface area contributed by atoms with Crippen LogP contribution in [0.4, 0.5) is 5.69 Å². The van der Waals surface area contributed by atoms with Gasteiger partial charge in [0.05, 0.1) is 30.8 Å². The van der Waals surface area contributed by atoms with Crippen LogP contribution < -0.4 is 10.1 Å². The molecule has 5 heteroatoms. The van der Waals surface area contributed by atoms with Gasteiger partial charge in [0, 0.05) is 11.5 Å². The van der Waals surface area contributed by atoms with E-state index in [0.717, 1.165) is 16.7 Å². The summed E-state index contributed by atoms with van der Waals surface area (Å²) in [7, 11) is 1.61. The number of methoxy groups -OCH3 is 1. The Morgan fingerprint density at radius 3 is 2.95 bits per heavy atom. The van der Waals surface area contributed by atoms with E-state index in [4.69, 9.17) is 9.15 Å². The van der Waals surface area contributed by atoms with Crippen molar-refractivity contribution in [3.8, 4) is 5.75 Å². The number of nitrogens with one attached hydrogen (secondary N) is 1. The van der Waals surface area contributed by atoms with Gasteiger partial charge in [-0.1, -0.05) is 0 Å². The van der Waals surface area contributed by atoms with E-state index >= 15 is 0 Å². The summed E-state index contributed by atoms with van der Waals surface area (Å²) in [4.78, 5) is 16.2. The average molecular weight is 268 g/mol. The van der Waals surface area contributed by atoms with Crippen molar-refractivity contribution in [1.82, 2.24) is 4.98 Å². The smallest absolute Gasteiger partial charge is 0.291 e. The number of pyridine rings is 1. The number of aromatic nitrogens is 1. The molecule has 2 heterocycles. The molecule has 20 heavy (non-hydrogen) atoms. The van der Waals surface area contributed by atoms with Crippen LogP contribution in [0.2, 0.25) is 0 Å². The minimum atomic E-state index is -0.301. The Bertz CT molecular complexity index is 751. The van der Waals surface area contributed by atoms with Gasteiger partial charge in [-0.3, -0.25) is 9.78 Å². The Labute approximate surface area is 115 Å². The molecule has 0 atom stereocenters. The third-order valence-corrected chi connectivity index (χ3v) is 2.89. The molecule has 0 saturated carbocycles. The first-order valence-electron chi connectivity index (χ1n) is 6.05. The first-order chi connectivity index (χ1) is 9.76. The molecule has 0 aliphatic rings. The number of furan rings is 1. The number of fused-ring (bicyclic) bond motifs is 1. The van der Waals surface area contributed by atoms with Crippen LogP contribution in [0, 0.1) is 0 Å². The summed E-state index contributed by atoms with van der Waals surface area (Å²) in [6.07, 6.45) is 3.06. The van der Waals surface area contributed by atoms with Gasteiger partial charge in [0.1, 0.15) is 5.75 Å². The standard InChI is InChI=1S/C15H12N2O3/c1-19-12-5-4-10-7-11(9-16-13(10)8-12)17-15(18)14-3-2-6-20-14/h2-9H,1H3,(H,17,18). The van der Waals surface area contributed by atoms with Gasteiger partial charge in [0.25, 0.3) is 5.91 Å². The summed E-state index contributed by atoms with van der Waals surface area (Å²) in [6, 6.07) is 10.7. The maximum absolute atomic E-state index is 11.9. The van der Waals surface area contributed by atoms with Crippen LogP contribution in [0.3, 0.4) is 0 Å². The predicted molar refractivity (Wildman–Crippen MR) is 75.0 cm³/mol. The molecule has 0 spiro atoms. The summed E-state index contributed by atoms with van der Waals surface area (Å²) in [5.74, 6) is 0.710. The number of ether oxygens (including phenoxy) is 1. The third-order valence-electron chi connectivity index (χ3n) is 2.89. The Kier molecular flexibility index (Phi) is 3.09. The van der Waals surface area contributed by atoms with Crippen LogP contribution in [-0.2, 0) is 0 Å². The van der Waals surface area contributed by atoms with Crippen LogP contribution in [0.25, 0.3) is 10.9 Å². The lowest BCUT2D eigenvalue weighted by molar-refractivity contribution is 0.0996. The number of hydrogen-bond donors (Lipinski definition) is 1. The number of hydrogen-bond acceptors (Lipinski definition) is 4. The molecule has 0 aliphatic heterocycles. The summed E-state index contributed by atoms with van der Waals surface area (Å²) in [5, 5.41) is 3.66. The van der Waals surface area contributed by atoms with Crippen molar-refractivity contribution in [3.05, 3.63) is 54.6 Å². The van der Waals surface area contributed by atoms with Gasteiger partial charge in [-0.05, 0) is 30.3 Å². The molecule has 1 N–H and O–H groups in total. The van der Waals surface area contributed by atoms with Gasteiger partial charge in [-0.2, -0.15) is 0 Å². The molecular formula is C15H12N2O3. The molecule has 100 valence electrons. The van der Waals surface area contributed by atoms with E-state index < -0.39 is 0 Å². The molecule has 1 aromatic carbocycles. The second kappa shape index (κ2) is 5.05. The predicted octanol–water partition coefficient (Wildman–Crippen LogP) is 3.09. The van der Waals surface area contributed by atoms with Gasteiger partial charge < -0.3 is 14.5 Å². The van der Waals surface area contributed by atoms with Crippen LogP contribution in [-0.4, -0.2) is 18.0 Å². The number of nitrogens with zero attached hydrogens (tertiary/aromatic N) is 1. The van der Waals surface area contributed by atoms with Crippen LogP contribution in [0.15, 0.2) is 53.3 Å². The number of carbonyl (C=O) groups is 1. The zero-order valence-electron chi connectivity index (χ0n) is 10.8. The largest absolute Gasteiger partial charge is 0.497 e. The van der Waals surface area contributed by atoms with E-state index in [1.54, 1.807) is 25.4 Å². The molecule has 5 nitrogen and oxygen atoms in total. The molecule has 0 bridgehead atoms. The van der Waals surface area contributed by atoms with Crippen molar-refractivity contribution >= 4 is 22.5 Å². The number of carbonyl (C=O) groups excluding carboxylic acids is 1. The normalized spacial score (nSPS) is 10.4. The molecule has 1 amide bonds. The lowest BCUT2D eigenvalue weighted by atomic mass is 10.2. The maximum Gasteiger partial charge on any atom is 0.291 e. The van der Waals surface area contributed by atoms with E-state index in [-0.39, 0.29) is 11.7 Å². The van der Waals surface area contributed by atoms with E-state index in [1.165, 1.54) is 6.26 Å². The fourth-order valence-corrected chi connectivity index (χ4v) is 1.90. The molecule has 0 saturated heterocycles. The number of rotatable bonds is 3. The second-order valence-electron chi connectivity index (χ2n) is 4.21. The minimum Gasteiger partial charge on any atom is -0.497 e. The molecule has 3 rings (SSSR count). The van der Waals surface area contributed by atoms with Crippen LogP contribution in [0.5, 0.6) is 5.75 Å². The van der Waals surface area contributed by atoms with Gasteiger partial charge in [0.15, 0.2) is 5.76 Å². The number of amides is 1. The fourth-order valence-electron chi connectivity index (χ4n) is 1.90. The fraction of sp³-hybridized carbons (Fsp3) is 0.0667. The minimum absolute atomic E-state index is 0.264. The summed E-state index contributed by atoms with van der Waals surface area (Å²) >= 11 is 0. The van der Waals surface area contributed by atoms with E-state index in [9.17, 15) is 4.79 Å². The van der Waals surface area contributed by atoms with Gasteiger partial charge >= 0.3 is 0 Å². The van der Waals surface area contributed by atoms with Crippen molar-refractivity contribution in [2.24, 2.45) is 0 Å².